The zero-order chi connectivity index (χ0) is 12.3. The summed E-state index contributed by atoms with van der Waals surface area (Å²) in [5.41, 5.74) is 13.9. The molecule has 2 atom stereocenters. The molecule has 2 unspecified atom stereocenters. The average molecular weight is 223 g/mol. The number of hydrogen-bond acceptors (Lipinski definition) is 4. The second-order valence-electron chi connectivity index (χ2n) is 4.46. The molecule has 1 heterocycles. The molecule has 0 fully saturated rings. The number of nitrogens with zero attached hydrogens (tertiary/aromatic N) is 1. The number of anilines is 1. The van der Waals surface area contributed by atoms with E-state index in [0.29, 0.717) is 11.7 Å². The largest absolute Gasteiger partial charge is 0.383 e. The number of nitrogens with two attached hydrogens (primary N) is 2. The third kappa shape index (κ3) is 2.71. The monoisotopic (exact) mass is 223 g/mol. The zero-order valence-electron chi connectivity index (χ0n) is 10.4. The maximum atomic E-state index is 6.18. The number of hydrogen-bond donors (Lipinski definition) is 2. The molecule has 90 valence electrons. The summed E-state index contributed by atoms with van der Waals surface area (Å²) in [6, 6.07) is 1.74. The Kier molecular flexibility index (Phi) is 4.26. The third-order valence-electron chi connectivity index (χ3n) is 2.73. The summed E-state index contributed by atoms with van der Waals surface area (Å²) < 4.78 is 5.41. The minimum Gasteiger partial charge on any atom is -0.383 e. The van der Waals surface area contributed by atoms with Crippen LogP contribution < -0.4 is 11.5 Å². The van der Waals surface area contributed by atoms with Gasteiger partial charge in [0.05, 0.1) is 12.1 Å². The summed E-state index contributed by atoms with van der Waals surface area (Å²) >= 11 is 0. The lowest BCUT2D eigenvalue weighted by atomic mass is 9.94. The van der Waals surface area contributed by atoms with Crippen LogP contribution in [-0.2, 0) is 4.74 Å². The van der Waals surface area contributed by atoms with Gasteiger partial charge in [-0.3, -0.25) is 0 Å². The fraction of sp³-hybridized carbons (Fsp3) is 0.583. The highest BCUT2D eigenvalue weighted by molar-refractivity contribution is 5.43. The molecule has 0 saturated carbocycles. The second-order valence-corrected chi connectivity index (χ2v) is 4.46. The molecule has 0 spiro atoms. The van der Waals surface area contributed by atoms with Crippen molar-refractivity contribution in [1.29, 1.82) is 0 Å². The van der Waals surface area contributed by atoms with Gasteiger partial charge in [0.15, 0.2) is 0 Å². The first-order valence-electron chi connectivity index (χ1n) is 5.47. The molecule has 0 amide bonds. The van der Waals surface area contributed by atoms with Gasteiger partial charge in [0.25, 0.3) is 0 Å². The van der Waals surface area contributed by atoms with E-state index >= 15 is 0 Å². The van der Waals surface area contributed by atoms with E-state index in [0.717, 1.165) is 11.1 Å². The summed E-state index contributed by atoms with van der Waals surface area (Å²) in [6.07, 6.45) is 1.69. The molecule has 16 heavy (non-hydrogen) atoms. The highest BCUT2D eigenvalue weighted by atomic mass is 16.5. The maximum absolute atomic E-state index is 6.18. The fourth-order valence-corrected chi connectivity index (χ4v) is 1.88. The lowest BCUT2D eigenvalue weighted by Crippen LogP contribution is -2.33. The molecule has 1 aromatic rings. The maximum Gasteiger partial charge on any atom is 0.128 e. The molecule has 0 radical (unpaired) electrons. The lowest BCUT2D eigenvalue weighted by Gasteiger charge is -2.26. The lowest BCUT2D eigenvalue weighted by molar-refractivity contribution is 0.0438. The van der Waals surface area contributed by atoms with Gasteiger partial charge in [0, 0.05) is 18.9 Å². The van der Waals surface area contributed by atoms with Gasteiger partial charge < -0.3 is 16.2 Å². The van der Waals surface area contributed by atoms with Gasteiger partial charge >= 0.3 is 0 Å². The predicted molar refractivity (Wildman–Crippen MR) is 65.9 cm³/mol. The Bertz CT molecular complexity index is 352. The van der Waals surface area contributed by atoms with Crippen LogP contribution in [0.3, 0.4) is 0 Å². The minimum atomic E-state index is -0.239. The molecular formula is C12H21N3O. The molecule has 0 aliphatic heterocycles. The number of methoxy groups -OCH3 is 1. The highest BCUT2D eigenvalue weighted by Crippen LogP contribution is 2.25. The molecule has 4 N–H and O–H groups in total. The van der Waals surface area contributed by atoms with E-state index in [-0.39, 0.29) is 12.1 Å². The summed E-state index contributed by atoms with van der Waals surface area (Å²) in [7, 11) is 1.67. The van der Waals surface area contributed by atoms with Crippen molar-refractivity contribution in [3.05, 3.63) is 23.4 Å². The van der Waals surface area contributed by atoms with Gasteiger partial charge in [-0.25, -0.2) is 4.98 Å². The van der Waals surface area contributed by atoms with Crippen molar-refractivity contribution >= 4 is 5.82 Å². The van der Waals surface area contributed by atoms with Crippen LogP contribution >= 0.6 is 0 Å². The van der Waals surface area contributed by atoms with Gasteiger partial charge in [-0.1, -0.05) is 13.8 Å². The first kappa shape index (κ1) is 12.9. The zero-order valence-corrected chi connectivity index (χ0v) is 10.4. The smallest absolute Gasteiger partial charge is 0.128 e. The number of pyridine rings is 1. The van der Waals surface area contributed by atoms with Crippen molar-refractivity contribution < 1.29 is 4.74 Å². The van der Waals surface area contributed by atoms with Crippen molar-refractivity contribution in [2.45, 2.75) is 32.9 Å². The first-order valence-corrected chi connectivity index (χ1v) is 5.47. The first-order chi connectivity index (χ1) is 7.47. The molecule has 1 rings (SSSR count). The van der Waals surface area contributed by atoms with Crippen LogP contribution in [0, 0.1) is 12.8 Å². The van der Waals surface area contributed by atoms with Gasteiger partial charge in [0.2, 0.25) is 0 Å². The summed E-state index contributed by atoms with van der Waals surface area (Å²) in [4.78, 5) is 4.12. The van der Waals surface area contributed by atoms with Crippen LogP contribution in [0.15, 0.2) is 12.3 Å². The number of ether oxygens (including phenoxy) is 1. The van der Waals surface area contributed by atoms with Crippen molar-refractivity contribution in [2.24, 2.45) is 11.7 Å². The third-order valence-corrected chi connectivity index (χ3v) is 2.73. The van der Waals surface area contributed by atoms with Crippen molar-refractivity contribution in [3.63, 3.8) is 0 Å². The number of rotatable bonds is 4. The van der Waals surface area contributed by atoms with Crippen LogP contribution in [0.1, 0.15) is 31.0 Å². The SMILES string of the molecule is COC(C(C)C)C(N)c1cc(C)cnc1N. The predicted octanol–water partition coefficient (Wildman–Crippen LogP) is 1.64. The Labute approximate surface area is 97.0 Å². The Morgan fingerprint density at radius 1 is 1.38 bits per heavy atom. The van der Waals surface area contributed by atoms with E-state index in [1.165, 1.54) is 0 Å². The number of aromatic nitrogens is 1. The highest BCUT2D eigenvalue weighted by Gasteiger charge is 2.24. The molecule has 4 nitrogen and oxygen atoms in total. The van der Waals surface area contributed by atoms with E-state index in [9.17, 15) is 0 Å². The number of nitrogen functional groups attached to an aromatic ring is 1. The van der Waals surface area contributed by atoms with Gasteiger partial charge in [0.1, 0.15) is 5.82 Å². The molecule has 1 aromatic heterocycles. The fourth-order valence-electron chi connectivity index (χ4n) is 1.88. The Morgan fingerprint density at radius 3 is 2.50 bits per heavy atom. The van der Waals surface area contributed by atoms with E-state index in [2.05, 4.69) is 18.8 Å². The molecular weight excluding hydrogens is 202 g/mol. The average Bonchev–Trinajstić information content (AvgIpc) is 2.22. The van der Waals surface area contributed by atoms with Crippen LogP contribution in [0.25, 0.3) is 0 Å². The summed E-state index contributed by atoms with van der Waals surface area (Å²) in [6.45, 7) is 6.13. The Morgan fingerprint density at radius 2 is 2.00 bits per heavy atom. The minimum absolute atomic E-state index is 0.0501. The van der Waals surface area contributed by atoms with Gasteiger partial charge in [-0.15, -0.1) is 0 Å². The molecule has 0 aliphatic rings. The standard InChI is InChI=1S/C12H21N3O/c1-7(2)11(16-4)10(13)9-5-8(3)6-15-12(9)14/h5-7,10-11H,13H2,1-4H3,(H2,14,15). The van der Waals surface area contributed by atoms with E-state index in [4.69, 9.17) is 16.2 Å². The molecule has 4 heteroatoms. The second kappa shape index (κ2) is 5.27. The van der Waals surface area contributed by atoms with E-state index in [1.807, 2.05) is 13.0 Å². The van der Waals surface area contributed by atoms with Crippen LogP contribution in [0.4, 0.5) is 5.82 Å². The van der Waals surface area contributed by atoms with Gasteiger partial charge in [-0.2, -0.15) is 0 Å². The molecule has 0 bridgehead atoms. The van der Waals surface area contributed by atoms with E-state index < -0.39 is 0 Å². The van der Waals surface area contributed by atoms with Crippen molar-refractivity contribution in [2.75, 3.05) is 12.8 Å². The van der Waals surface area contributed by atoms with Crippen molar-refractivity contribution in [3.8, 4) is 0 Å². The molecule has 0 aromatic carbocycles. The molecule has 0 saturated heterocycles. The number of aryl methyl sites for hydroxylation is 1. The normalized spacial score (nSPS) is 15.1. The molecule has 0 aliphatic carbocycles. The van der Waals surface area contributed by atoms with Crippen LogP contribution in [0.2, 0.25) is 0 Å². The Hall–Kier alpha value is -1.13. The van der Waals surface area contributed by atoms with Crippen molar-refractivity contribution in [1.82, 2.24) is 4.98 Å². The van der Waals surface area contributed by atoms with E-state index in [1.54, 1.807) is 13.3 Å². The quantitative estimate of drug-likeness (QED) is 0.813. The van der Waals surface area contributed by atoms with Gasteiger partial charge in [-0.05, 0) is 24.5 Å². The van der Waals surface area contributed by atoms with Crippen LogP contribution in [-0.4, -0.2) is 18.2 Å². The topological polar surface area (TPSA) is 74.2 Å². The summed E-state index contributed by atoms with van der Waals surface area (Å²) in [5, 5.41) is 0. The van der Waals surface area contributed by atoms with Crippen LogP contribution in [0.5, 0.6) is 0 Å². The Balaban J connectivity index is 3.02. The summed E-state index contributed by atoms with van der Waals surface area (Å²) in [5.74, 6) is 0.820.